The Morgan fingerprint density at radius 3 is 2.38 bits per heavy atom. The Kier molecular flexibility index (Phi) is 5.05. The van der Waals surface area contributed by atoms with Crippen molar-refractivity contribution in [1.82, 2.24) is 14.2 Å². The van der Waals surface area contributed by atoms with Crippen molar-refractivity contribution in [1.29, 1.82) is 0 Å². The molecule has 7 nitrogen and oxygen atoms in total. The molecule has 2 fully saturated rings. The summed E-state index contributed by atoms with van der Waals surface area (Å²) >= 11 is 0. The minimum absolute atomic E-state index is 0.109. The Labute approximate surface area is 142 Å². The number of pyridine rings is 1. The molecule has 3 heterocycles. The lowest BCUT2D eigenvalue weighted by molar-refractivity contribution is 0.0724. The molecule has 2 saturated heterocycles. The Morgan fingerprint density at radius 2 is 1.83 bits per heavy atom. The normalized spacial score (nSPS) is 20.3. The monoisotopic (exact) mass is 353 g/mol. The topological polar surface area (TPSA) is 79.8 Å². The number of rotatable bonds is 4. The highest BCUT2D eigenvalue weighted by Crippen LogP contribution is 2.25. The number of piperidine rings is 1. The number of amides is 1. The lowest BCUT2D eigenvalue weighted by atomic mass is 10.1. The molecule has 1 aromatic heterocycles. The summed E-state index contributed by atoms with van der Waals surface area (Å²) in [5, 5.41) is -0.367. The van der Waals surface area contributed by atoms with Crippen molar-refractivity contribution < 1.29 is 17.9 Å². The summed E-state index contributed by atoms with van der Waals surface area (Å²) in [4.78, 5) is 18.3. The molecule has 0 atom stereocenters. The van der Waals surface area contributed by atoms with Gasteiger partial charge in [0.2, 0.25) is 15.9 Å². The lowest BCUT2D eigenvalue weighted by Gasteiger charge is -2.33. The highest BCUT2D eigenvalue weighted by Gasteiger charge is 2.36. The van der Waals surface area contributed by atoms with Gasteiger partial charge in [0.1, 0.15) is 0 Å². The molecular weight excluding hydrogens is 330 g/mol. The molecule has 0 radical (unpaired) electrons. The summed E-state index contributed by atoms with van der Waals surface area (Å²) in [6.45, 7) is 2.20. The van der Waals surface area contributed by atoms with Crippen LogP contribution in [0.15, 0.2) is 18.3 Å². The van der Waals surface area contributed by atoms with Crippen LogP contribution in [0, 0.1) is 0 Å². The van der Waals surface area contributed by atoms with Gasteiger partial charge in [0.25, 0.3) is 5.91 Å². The number of likely N-dealkylation sites (tertiary alicyclic amines) is 1. The number of hydrogen-bond acceptors (Lipinski definition) is 5. The second kappa shape index (κ2) is 7.06. The van der Waals surface area contributed by atoms with E-state index in [0.29, 0.717) is 50.5 Å². The predicted molar refractivity (Wildman–Crippen MR) is 89.4 cm³/mol. The van der Waals surface area contributed by atoms with Gasteiger partial charge in [-0.3, -0.25) is 4.79 Å². The summed E-state index contributed by atoms with van der Waals surface area (Å²) < 4.78 is 31.8. The maximum Gasteiger partial charge on any atom is 0.255 e. The third kappa shape index (κ3) is 3.39. The number of carbonyl (C=O) groups excluding carboxylic acids is 1. The quantitative estimate of drug-likeness (QED) is 0.810. The third-order valence-electron chi connectivity index (χ3n) is 4.77. The first-order valence-electron chi connectivity index (χ1n) is 8.30. The van der Waals surface area contributed by atoms with E-state index in [9.17, 15) is 13.2 Å². The summed E-state index contributed by atoms with van der Waals surface area (Å²) in [7, 11) is -1.69. The van der Waals surface area contributed by atoms with Gasteiger partial charge in [-0.15, -0.1) is 0 Å². The second-order valence-electron chi connectivity index (χ2n) is 6.23. The molecule has 8 heteroatoms. The van der Waals surface area contributed by atoms with Gasteiger partial charge in [-0.05, 0) is 31.7 Å². The molecule has 0 saturated carbocycles. The Bertz CT molecular complexity index is 676. The largest absolute Gasteiger partial charge is 0.481 e. The van der Waals surface area contributed by atoms with Crippen LogP contribution < -0.4 is 4.74 Å². The van der Waals surface area contributed by atoms with Crippen molar-refractivity contribution in [2.45, 2.75) is 30.9 Å². The van der Waals surface area contributed by atoms with Gasteiger partial charge in [0, 0.05) is 38.4 Å². The number of ether oxygens (including phenoxy) is 1. The van der Waals surface area contributed by atoms with E-state index in [0.717, 1.165) is 12.8 Å². The van der Waals surface area contributed by atoms with Gasteiger partial charge < -0.3 is 9.64 Å². The summed E-state index contributed by atoms with van der Waals surface area (Å²) in [5.74, 6) is 0.351. The maximum absolute atomic E-state index is 12.6. The molecule has 0 spiro atoms. The van der Waals surface area contributed by atoms with Crippen LogP contribution in [-0.2, 0) is 10.0 Å². The van der Waals surface area contributed by atoms with Crippen molar-refractivity contribution in [3.05, 3.63) is 23.9 Å². The smallest absolute Gasteiger partial charge is 0.255 e. The van der Waals surface area contributed by atoms with Crippen LogP contribution >= 0.6 is 0 Å². The van der Waals surface area contributed by atoms with E-state index < -0.39 is 10.0 Å². The average molecular weight is 353 g/mol. The van der Waals surface area contributed by atoms with Crippen molar-refractivity contribution in [2.24, 2.45) is 0 Å². The van der Waals surface area contributed by atoms with E-state index >= 15 is 0 Å². The summed E-state index contributed by atoms with van der Waals surface area (Å²) in [6, 6.07) is 3.33. The molecule has 24 heavy (non-hydrogen) atoms. The van der Waals surface area contributed by atoms with Gasteiger partial charge >= 0.3 is 0 Å². The number of aromatic nitrogens is 1. The number of sulfonamides is 1. The first-order valence-corrected chi connectivity index (χ1v) is 9.81. The van der Waals surface area contributed by atoms with E-state index in [2.05, 4.69) is 4.98 Å². The molecule has 1 aromatic rings. The fourth-order valence-corrected chi connectivity index (χ4v) is 5.32. The van der Waals surface area contributed by atoms with Crippen LogP contribution in [0.25, 0.3) is 0 Å². The third-order valence-corrected chi connectivity index (χ3v) is 7.17. The zero-order chi connectivity index (χ0) is 17.2. The van der Waals surface area contributed by atoms with Crippen LogP contribution in [0.3, 0.4) is 0 Å². The fourth-order valence-electron chi connectivity index (χ4n) is 3.32. The molecule has 0 bridgehead atoms. The highest BCUT2D eigenvalue weighted by atomic mass is 32.2. The Morgan fingerprint density at radius 1 is 1.17 bits per heavy atom. The van der Waals surface area contributed by atoms with E-state index in [4.69, 9.17) is 4.74 Å². The van der Waals surface area contributed by atoms with Crippen molar-refractivity contribution in [3.63, 3.8) is 0 Å². The number of nitrogens with zero attached hydrogens (tertiary/aromatic N) is 3. The number of methoxy groups -OCH3 is 1. The van der Waals surface area contributed by atoms with E-state index in [-0.39, 0.29) is 11.2 Å². The van der Waals surface area contributed by atoms with Crippen LogP contribution in [0.5, 0.6) is 5.88 Å². The SMILES string of the molecule is COc1ccc(C(=O)N2CCC(S(=O)(=O)N3CCCC3)CC2)cn1. The maximum atomic E-state index is 12.6. The Hall–Kier alpha value is -1.67. The number of hydrogen-bond donors (Lipinski definition) is 0. The second-order valence-corrected chi connectivity index (χ2v) is 8.44. The lowest BCUT2D eigenvalue weighted by Crippen LogP contribution is -2.46. The molecule has 0 N–H and O–H groups in total. The highest BCUT2D eigenvalue weighted by molar-refractivity contribution is 7.89. The summed E-state index contributed by atoms with van der Waals surface area (Å²) in [5.41, 5.74) is 0.497. The van der Waals surface area contributed by atoms with E-state index in [1.165, 1.54) is 13.3 Å². The fraction of sp³-hybridized carbons (Fsp3) is 0.625. The molecule has 1 amide bonds. The number of carbonyl (C=O) groups is 1. The van der Waals surface area contributed by atoms with Crippen LogP contribution in [0.2, 0.25) is 0 Å². The van der Waals surface area contributed by atoms with E-state index in [1.807, 2.05) is 0 Å². The van der Waals surface area contributed by atoms with Crippen molar-refractivity contribution in [2.75, 3.05) is 33.3 Å². The zero-order valence-electron chi connectivity index (χ0n) is 13.8. The van der Waals surface area contributed by atoms with Gasteiger partial charge in [0.15, 0.2) is 0 Å². The van der Waals surface area contributed by atoms with E-state index in [1.54, 1.807) is 21.3 Å². The minimum Gasteiger partial charge on any atom is -0.481 e. The Balaban J connectivity index is 1.60. The van der Waals surface area contributed by atoms with Crippen molar-refractivity contribution in [3.8, 4) is 5.88 Å². The van der Waals surface area contributed by atoms with Crippen LogP contribution in [-0.4, -0.2) is 67.1 Å². The van der Waals surface area contributed by atoms with Crippen molar-refractivity contribution >= 4 is 15.9 Å². The van der Waals surface area contributed by atoms with Gasteiger partial charge in [0.05, 0.1) is 17.9 Å². The van der Waals surface area contributed by atoms with Crippen LogP contribution in [0.4, 0.5) is 0 Å². The molecule has 2 aliphatic rings. The summed E-state index contributed by atoms with van der Waals surface area (Å²) in [6.07, 6.45) is 4.37. The standard InChI is InChI=1S/C16H23N3O4S/c1-23-15-5-4-13(12-17-15)16(20)18-10-6-14(7-11-18)24(21,22)19-8-2-3-9-19/h4-5,12,14H,2-3,6-11H2,1H3. The molecule has 2 aliphatic heterocycles. The molecule has 0 unspecified atom stereocenters. The van der Waals surface area contributed by atoms with Gasteiger partial charge in [-0.2, -0.15) is 0 Å². The zero-order valence-corrected chi connectivity index (χ0v) is 14.7. The minimum atomic E-state index is -3.22. The van der Waals surface area contributed by atoms with Gasteiger partial charge in [-0.25, -0.2) is 17.7 Å². The van der Waals surface area contributed by atoms with Crippen LogP contribution in [0.1, 0.15) is 36.0 Å². The molecule has 0 aromatic carbocycles. The molecule has 3 rings (SSSR count). The predicted octanol–water partition coefficient (Wildman–Crippen LogP) is 1.12. The first kappa shape index (κ1) is 17.2. The average Bonchev–Trinajstić information content (AvgIpc) is 3.17. The van der Waals surface area contributed by atoms with Gasteiger partial charge in [-0.1, -0.05) is 0 Å². The molecule has 0 aliphatic carbocycles. The molecule has 132 valence electrons. The molecular formula is C16H23N3O4S. The first-order chi connectivity index (χ1) is 11.5.